The highest BCUT2D eigenvalue weighted by atomic mass is 32.2. The van der Waals surface area contributed by atoms with E-state index < -0.39 is 15.7 Å². The number of carbonyl (C=O) groups is 1. The normalized spacial score (nSPS) is 12.4. The van der Waals surface area contributed by atoms with Gasteiger partial charge in [-0.05, 0) is 29.2 Å². The third-order valence-electron chi connectivity index (χ3n) is 4.70. The van der Waals surface area contributed by atoms with E-state index in [2.05, 4.69) is 36.9 Å². The second-order valence-corrected chi connectivity index (χ2v) is 10.6. The number of hydrogen-bond acceptors (Lipinski definition) is 4. The van der Waals surface area contributed by atoms with Crippen LogP contribution >= 0.6 is 11.3 Å². The van der Waals surface area contributed by atoms with Crippen molar-refractivity contribution in [1.82, 2.24) is 4.57 Å². The highest BCUT2D eigenvalue weighted by Gasteiger charge is 2.15. The summed E-state index contributed by atoms with van der Waals surface area (Å²) >= 11 is 1.39. The van der Waals surface area contributed by atoms with Crippen LogP contribution in [-0.4, -0.2) is 24.6 Å². The quantitative estimate of drug-likeness (QED) is 0.524. The predicted molar refractivity (Wildman–Crippen MR) is 122 cm³/mol. The topological polar surface area (TPSA) is 68.5 Å². The minimum absolute atomic E-state index is 0.0842. The molecule has 0 spiro atoms. The average Bonchev–Trinajstić information content (AvgIpc) is 3.03. The van der Waals surface area contributed by atoms with Crippen molar-refractivity contribution in [2.75, 3.05) is 5.75 Å². The maximum absolute atomic E-state index is 12.4. The van der Waals surface area contributed by atoms with Crippen LogP contribution in [0, 0.1) is 12.3 Å². The molecule has 0 saturated carbocycles. The molecule has 0 atom stereocenters. The lowest BCUT2D eigenvalue weighted by molar-refractivity contribution is -0.117. The first-order chi connectivity index (χ1) is 14.3. The Morgan fingerprint density at radius 3 is 2.60 bits per heavy atom. The first kappa shape index (κ1) is 22.0. The molecule has 0 aliphatic heterocycles. The van der Waals surface area contributed by atoms with E-state index in [1.807, 2.05) is 16.7 Å². The Morgan fingerprint density at radius 2 is 1.93 bits per heavy atom. The van der Waals surface area contributed by atoms with Crippen molar-refractivity contribution < 1.29 is 13.2 Å². The molecule has 3 aromatic rings. The molecule has 7 heteroatoms. The molecule has 0 saturated heterocycles. The predicted octanol–water partition coefficient (Wildman–Crippen LogP) is 3.89. The van der Waals surface area contributed by atoms with Crippen LogP contribution in [0.3, 0.4) is 0 Å². The molecule has 30 heavy (non-hydrogen) atoms. The zero-order chi connectivity index (χ0) is 21.7. The number of hydrogen-bond donors (Lipinski definition) is 0. The van der Waals surface area contributed by atoms with Crippen LogP contribution < -0.4 is 4.80 Å². The number of thiazole rings is 1. The summed E-state index contributed by atoms with van der Waals surface area (Å²) in [6.07, 6.45) is 5.35. The van der Waals surface area contributed by atoms with E-state index >= 15 is 0 Å². The minimum atomic E-state index is -3.40. The standard InChI is InChI=1S/C23H24N2O3S2/c1-4-13-25-20-11-10-19(17(2)3)15-21(20)29-23(25)24-22(26)12-14-30(27,28)16-18-8-6-5-7-9-18/h1,5-11,15,17H,12-14,16H2,2-3H3. The Morgan fingerprint density at radius 1 is 1.20 bits per heavy atom. The molecule has 2 aromatic carbocycles. The Bertz CT molecular complexity index is 1260. The molecular formula is C23H24N2O3S2. The van der Waals surface area contributed by atoms with E-state index in [1.54, 1.807) is 24.3 Å². The number of nitrogens with zero attached hydrogens (tertiary/aromatic N) is 2. The van der Waals surface area contributed by atoms with Crippen molar-refractivity contribution in [3.05, 3.63) is 64.5 Å². The number of amides is 1. The number of terminal acetylenes is 1. The fourth-order valence-corrected chi connectivity index (χ4v) is 5.51. The maximum Gasteiger partial charge on any atom is 0.249 e. The number of rotatable bonds is 7. The van der Waals surface area contributed by atoms with Gasteiger partial charge in [-0.3, -0.25) is 4.79 Å². The molecule has 156 valence electrons. The van der Waals surface area contributed by atoms with Crippen LogP contribution in [0.2, 0.25) is 0 Å². The molecule has 0 radical (unpaired) electrons. The lowest BCUT2D eigenvalue weighted by Gasteiger charge is -2.05. The van der Waals surface area contributed by atoms with Gasteiger partial charge in [0.25, 0.3) is 0 Å². The Balaban J connectivity index is 1.82. The summed E-state index contributed by atoms with van der Waals surface area (Å²) < 4.78 is 27.5. The van der Waals surface area contributed by atoms with Gasteiger partial charge >= 0.3 is 0 Å². The van der Waals surface area contributed by atoms with Crippen molar-refractivity contribution in [2.24, 2.45) is 4.99 Å². The molecule has 1 aromatic heterocycles. The van der Waals surface area contributed by atoms with E-state index in [1.165, 1.54) is 16.9 Å². The summed E-state index contributed by atoms with van der Waals surface area (Å²) in [6.45, 7) is 4.53. The van der Waals surface area contributed by atoms with Crippen molar-refractivity contribution in [1.29, 1.82) is 0 Å². The second kappa shape index (κ2) is 9.41. The van der Waals surface area contributed by atoms with Gasteiger partial charge in [-0.15, -0.1) is 6.42 Å². The summed E-state index contributed by atoms with van der Waals surface area (Å²) in [6, 6.07) is 15.1. The van der Waals surface area contributed by atoms with Gasteiger partial charge in [0, 0.05) is 6.42 Å². The Labute approximate surface area is 181 Å². The van der Waals surface area contributed by atoms with Gasteiger partial charge in [0.05, 0.1) is 28.3 Å². The zero-order valence-electron chi connectivity index (χ0n) is 17.0. The fourth-order valence-electron chi connectivity index (χ4n) is 3.08. The summed E-state index contributed by atoms with van der Waals surface area (Å²) in [7, 11) is -3.40. The van der Waals surface area contributed by atoms with Crippen LogP contribution in [0.25, 0.3) is 10.2 Å². The minimum Gasteiger partial charge on any atom is -0.305 e. The molecule has 1 amide bonds. The summed E-state index contributed by atoms with van der Waals surface area (Å²) in [5.41, 5.74) is 2.83. The van der Waals surface area contributed by atoms with Crippen LogP contribution in [0.15, 0.2) is 53.5 Å². The van der Waals surface area contributed by atoms with E-state index in [0.29, 0.717) is 22.8 Å². The van der Waals surface area contributed by atoms with Gasteiger partial charge in [0.15, 0.2) is 14.6 Å². The third-order valence-corrected chi connectivity index (χ3v) is 7.34. The van der Waals surface area contributed by atoms with Crippen LogP contribution in [0.5, 0.6) is 0 Å². The van der Waals surface area contributed by atoms with Crippen LogP contribution in [0.1, 0.15) is 37.3 Å². The molecule has 0 unspecified atom stereocenters. The fraction of sp³-hybridized carbons (Fsp3) is 0.304. The number of carbonyl (C=O) groups excluding carboxylic acids is 1. The first-order valence-electron chi connectivity index (χ1n) is 9.68. The maximum atomic E-state index is 12.4. The summed E-state index contributed by atoms with van der Waals surface area (Å²) in [4.78, 5) is 17.1. The number of fused-ring (bicyclic) bond motifs is 1. The van der Waals surface area contributed by atoms with Gasteiger partial charge in [0.2, 0.25) is 5.91 Å². The second-order valence-electron chi connectivity index (χ2n) is 7.39. The Hall–Kier alpha value is -2.69. The van der Waals surface area contributed by atoms with Crippen molar-refractivity contribution >= 4 is 37.3 Å². The lowest BCUT2D eigenvalue weighted by atomic mass is 10.0. The van der Waals surface area contributed by atoms with Gasteiger partial charge in [-0.2, -0.15) is 4.99 Å². The highest BCUT2D eigenvalue weighted by Crippen LogP contribution is 2.23. The van der Waals surface area contributed by atoms with Crippen molar-refractivity contribution in [3.8, 4) is 12.3 Å². The SMILES string of the molecule is C#CCn1c(=NC(=O)CCS(=O)(=O)Cc2ccccc2)sc2cc(C(C)C)ccc21. The lowest BCUT2D eigenvalue weighted by Crippen LogP contribution is -2.18. The van der Waals surface area contributed by atoms with Crippen molar-refractivity contribution in [2.45, 2.75) is 38.5 Å². The van der Waals surface area contributed by atoms with Gasteiger partial charge in [0.1, 0.15) is 0 Å². The van der Waals surface area contributed by atoms with E-state index in [0.717, 1.165) is 10.2 Å². The molecule has 0 aliphatic carbocycles. The van der Waals surface area contributed by atoms with E-state index in [9.17, 15) is 13.2 Å². The Kier molecular flexibility index (Phi) is 6.91. The van der Waals surface area contributed by atoms with Crippen LogP contribution in [-0.2, 0) is 26.9 Å². The van der Waals surface area contributed by atoms with E-state index in [-0.39, 0.29) is 17.9 Å². The average molecular weight is 441 g/mol. The summed E-state index contributed by atoms with van der Waals surface area (Å²) in [5, 5.41) is 0. The zero-order valence-corrected chi connectivity index (χ0v) is 18.7. The monoisotopic (exact) mass is 440 g/mol. The molecule has 0 fully saturated rings. The number of sulfone groups is 1. The molecule has 0 bridgehead atoms. The molecule has 3 rings (SSSR count). The third kappa shape index (κ3) is 5.47. The number of benzene rings is 2. The highest BCUT2D eigenvalue weighted by molar-refractivity contribution is 7.90. The molecule has 0 aliphatic rings. The van der Waals surface area contributed by atoms with E-state index in [4.69, 9.17) is 6.42 Å². The molecular weight excluding hydrogens is 416 g/mol. The molecule has 1 heterocycles. The number of aromatic nitrogens is 1. The molecule has 5 nitrogen and oxygen atoms in total. The largest absolute Gasteiger partial charge is 0.305 e. The van der Waals surface area contributed by atoms with Gasteiger partial charge in [-0.25, -0.2) is 8.42 Å². The van der Waals surface area contributed by atoms with Crippen LogP contribution in [0.4, 0.5) is 0 Å². The molecule has 0 N–H and O–H groups in total. The van der Waals surface area contributed by atoms with Crippen molar-refractivity contribution in [3.63, 3.8) is 0 Å². The van der Waals surface area contributed by atoms with Gasteiger partial charge < -0.3 is 4.57 Å². The van der Waals surface area contributed by atoms with Gasteiger partial charge in [-0.1, -0.05) is 67.5 Å². The summed E-state index contributed by atoms with van der Waals surface area (Å²) in [5.74, 6) is 2.20. The smallest absolute Gasteiger partial charge is 0.249 e. The first-order valence-corrected chi connectivity index (χ1v) is 12.3.